The number of nitrogens with one attached hydrogen (secondary N) is 2. The number of hydrogen-bond acceptors (Lipinski definition) is 6. The molecule has 0 aliphatic rings. The second-order valence-electron chi connectivity index (χ2n) is 8.57. The zero-order chi connectivity index (χ0) is 28.1. The van der Waals surface area contributed by atoms with Gasteiger partial charge in [-0.05, 0) is 42.0 Å². The highest BCUT2D eigenvalue weighted by Gasteiger charge is 2.24. The van der Waals surface area contributed by atoms with Crippen LogP contribution in [-0.2, 0) is 0 Å². The monoisotopic (exact) mass is 553 g/mol. The molecule has 1 amide bonds. The van der Waals surface area contributed by atoms with Crippen LogP contribution in [0.2, 0.25) is 5.02 Å². The highest BCUT2D eigenvalue weighted by molar-refractivity contribution is 6.33. The van der Waals surface area contributed by atoms with E-state index >= 15 is 0 Å². The van der Waals surface area contributed by atoms with E-state index in [-0.39, 0.29) is 22.0 Å². The number of carbonyl (C=O) groups excluding carboxylic acids is 2. The quantitative estimate of drug-likeness (QED) is 0.0989. The summed E-state index contributed by atoms with van der Waals surface area (Å²) in [5.41, 5.74) is 5.64. The number of benzene rings is 4. The lowest BCUT2D eigenvalue weighted by Gasteiger charge is -2.09. The standard InChI is InChI=1S/C31H24ClN3O5/c1-38-24-16-17-25(39-2)28-27(24)26(19-10-4-3-5-11-19)29(34-28)30(36)35-33-18-20-12-6-9-15-23(20)40-31(37)21-13-7-8-14-22(21)32/h3-18,34H,1-2H3,(H,35,36). The van der Waals surface area contributed by atoms with Crippen LogP contribution < -0.4 is 19.6 Å². The van der Waals surface area contributed by atoms with Crippen molar-refractivity contribution in [3.63, 3.8) is 0 Å². The zero-order valence-corrected chi connectivity index (χ0v) is 22.4. The van der Waals surface area contributed by atoms with E-state index in [0.29, 0.717) is 33.5 Å². The van der Waals surface area contributed by atoms with Crippen LogP contribution in [0.25, 0.3) is 22.0 Å². The molecule has 0 bridgehead atoms. The van der Waals surface area contributed by atoms with Gasteiger partial charge in [-0.25, -0.2) is 10.2 Å². The summed E-state index contributed by atoms with van der Waals surface area (Å²) >= 11 is 6.13. The first-order valence-corrected chi connectivity index (χ1v) is 12.6. The van der Waals surface area contributed by atoms with E-state index < -0.39 is 11.9 Å². The second kappa shape index (κ2) is 11.8. The van der Waals surface area contributed by atoms with Crippen molar-refractivity contribution in [3.05, 3.63) is 113 Å². The molecule has 8 nitrogen and oxygen atoms in total. The van der Waals surface area contributed by atoms with Crippen LogP contribution >= 0.6 is 11.6 Å². The first-order chi connectivity index (χ1) is 19.5. The molecule has 4 aromatic carbocycles. The molecule has 200 valence electrons. The van der Waals surface area contributed by atoms with Crippen molar-refractivity contribution in [2.45, 2.75) is 0 Å². The van der Waals surface area contributed by atoms with Crippen molar-refractivity contribution in [3.8, 4) is 28.4 Å². The van der Waals surface area contributed by atoms with E-state index in [9.17, 15) is 9.59 Å². The molecule has 2 N–H and O–H groups in total. The molecule has 0 saturated carbocycles. The Labute approximate surface area is 235 Å². The van der Waals surface area contributed by atoms with Crippen LogP contribution in [-0.4, -0.2) is 37.3 Å². The van der Waals surface area contributed by atoms with Gasteiger partial charge in [0, 0.05) is 11.1 Å². The Balaban J connectivity index is 1.46. The van der Waals surface area contributed by atoms with E-state index in [1.54, 1.807) is 74.9 Å². The van der Waals surface area contributed by atoms with Crippen molar-refractivity contribution >= 4 is 40.6 Å². The smallest absolute Gasteiger partial charge is 0.345 e. The second-order valence-corrected chi connectivity index (χ2v) is 8.97. The Hall–Kier alpha value is -5.08. The fourth-order valence-corrected chi connectivity index (χ4v) is 4.54. The van der Waals surface area contributed by atoms with Crippen LogP contribution in [0.4, 0.5) is 0 Å². The molecule has 0 atom stereocenters. The number of para-hydroxylation sites is 1. The van der Waals surface area contributed by atoms with Gasteiger partial charge < -0.3 is 19.2 Å². The Bertz CT molecular complexity index is 1730. The first-order valence-electron chi connectivity index (χ1n) is 12.2. The number of rotatable bonds is 8. The first kappa shape index (κ1) is 26.5. The maximum absolute atomic E-state index is 13.4. The van der Waals surface area contributed by atoms with Crippen LogP contribution in [0.15, 0.2) is 96.1 Å². The Morgan fingerprint density at radius 2 is 1.50 bits per heavy atom. The number of ether oxygens (including phenoxy) is 3. The lowest BCUT2D eigenvalue weighted by molar-refractivity contribution is 0.0734. The molecular formula is C31H24ClN3O5. The Kier molecular flexibility index (Phi) is 7.80. The number of halogens is 1. The fraction of sp³-hybridized carbons (Fsp3) is 0.0645. The van der Waals surface area contributed by atoms with Crippen LogP contribution in [0.1, 0.15) is 26.4 Å². The molecule has 5 aromatic rings. The molecule has 1 aromatic heterocycles. The van der Waals surface area contributed by atoms with Crippen molar-refractivity contribution in [1.29, 1.82) is 0 Å². The highest BCUT2D eigenvalue weighted by atomic mass is 35.5. The maximum Gasteiger partial charge on any atom is 0.345 e. The van der Waals surface area contributed by atoms with Crippen molar-refractivity contribution in [2.75, 3.05) is 14.2 Å². The number of amides is 1. The number of nitrogens with zero attached hydrogens (tertiary/aromatic N) is 1. The topological polar surface area (TPSA) is 102 Å². The minimum Gasteiger partial charge on any atom is -0.496 e. The third-order valence-corrected chi connectivity index (χ3v) is 6.52. The van der Waals surface area contributed by atoms with Crippen molar-refractivity contribution < 1.29 is 23.8 Å². The van der Waals surface area contributed by atoms with Crippen molar-refractivity contribution in [1.82, 2.24) is 10.4 Å². The summed E-state index contributed by atoms with van der Waals surface area (Å²) in [6, 6.07) is 26.5. The normalized spacial score (nSPS) is 11.0. The van der Waals surface area contributed by atoms with Gasteiger partial charge >= 0.3 is 5.97 Å². The number of fused-ring (bicyclic) bond motifs is 1. The summed E-state index contributed by atoms with van der Waals surface area (Å²) in [4.78, 5) is 29.3. The number of aromatic amines is 1. The average Bonchev–Trinajstić information content (AvgIpc) is 3.39. The van der Waals surface area contributed by atoms with E-state index in [0.717, 1.165) is 5.56 Å². The molecule has 5 rings (SSSR count). The lowest BCUT2D eigenvalue weighted by atomic mass is 10.0. The van der Waals surface area contributed by atoms with Gasteiger partial charge in [0.05, 0.1) is 41.9 Å². The molecule has 0 fully saturated rings. The fourth-order valence-electron chi connectivity index (χ4n) is 4.33. The van der Waals surface area contributed by atoms with E-state index in [4.69, 9.17) is 25.8 Å². The SMILES string of the molecule is COc1ccc(OC)c2c(-c3ccccc3)c(C(=O)NN=Cc3ccccc3OC(=O)c3ccccc3Cl)[nH]c12. The molecule has 0 saturated heterocycles. The zero-order valence-electron chi connectivity index (χ0n) is 21.6. The number of aromatic nitrogens is 1. The van der Waals surface area contributed by atoms with Crippen LogP contribution in [0.3, 0.4) is 0 Å². The highest BCUT2D eigenvalue weighted by Crippen LogP contribution is 2.42. The molecule has 0 aliphatic carbocycles. The number of methoxy groups -OCH3 is 2. The molecule has 1 heterocycles. The molecule has 0 unspecified atom stereocenters. The summed E-state index contributed by atoms with van der Waals surface area (Å²) < 4.78 is 16.7. The van der Waals surface area contributed by atoms with Gasteiger partial charge in [0.15, 0.2) is 0 Å². The minimum absolute atomic E-state index is 0.238. The molecular weight excluding hydrogens is 530 g/mol. The van der Waals surface area contributed by atoms with E-state index in [2.05, 4.69) is 15.5 Å². The predicted octanol–water partition coefficient (Wildman–Crippen LogP) is 6.49. The lowest BCUT2D eigenvalue weighted by Crippen LogP contribution is -2.19. The van der Waals surface area contributed by atoms with Crippen molar-refractivity contribution in [2.24, 2.45) is 5.10 Å². The third kappa shape index (κ3) is 5.25. The van der Waals surface area contributed by atoms with Gasteiger partial charge in [0.1, 0.15) is 22.9 Å². The maximum atomic E-state index is 13.4. The van der Waals surface area contributed by atoms with Gasteiger partial charge in [0.2, 0.25) is 0 Å². The summed E-state index contributed by atoms with van der Waals surface area (Å²) in [5, 5.41) is 5.13. The van der Waals surface area contributed by atoms with E-state index in [1.807, 2.05) is 30.3 Å². The average molecular weight is 554 g/mol. The number of esters is 1. The third-order valence-electron chi connectivity index (χ3n) is 6.19. The largest absolute Gasteiger partial charge is 0.496 e. The van der Waals surface area contributed by atoms with Gasteiger partial charge in [-0.1, -0.05) is 66.2 Å². The van der Waals surface area contributed by atoms with E-state index in [1.165, 1.54) is 6.21 Å². The van der Waals surface area contributed by atoms with Crippen LogP contribution in [0.5, 0.6) is 17.2 Å². The summed E-state index contributed by atoms with van der Waals surface area (Å²) in [6.45, 7) is 0. The Morgan fingerprint density at radius 3 is 2.25 bits per heavy atom. The molecule has 9 heteroatoms. The molecule has 40 heavy (non-hydrogen) atoms. The summed E-state index contributed by atoms with van der Waals surface area (Å²) in [5.74, 6) is 0.313. The molecule has 0 aliphatic heterocycles. The van der Waals surface area contributed by atoms with Gasteiger partial charge in [-0.2, -0.15) is 5.10 Å². The molecule has 0 spiro atoms. The predicted molar refractivity (Wildman–Crippen MR) is 155 cm³/mol. The van der Waals surface area contributed by atoms with Gasteiger partial charge in [0.25, 0.3) is 5.91 Å². The van der Waals surface area contributed by atoms with Gasteiger partial charge in [-0.15, -0.1) is 0 Å². The number of hydrazone groups is 1. The Morgan fingerprint density at radius 1 is 0.825 bits per heavy atom. The van der Waals surface area contributed by atoms with Crippen LogP contribution in [0, 0.1) is 0 Å². The number of H-pyrrole nitrogens is 1. The summed E-state index contributed by atoms with van der Waals surface area (Å²) in [7, 11) is 3.13. The number of hydrogen-bond donors (Lipinski definition) is 2. The molecule has 0 radical (unpaired) electrons. The number of carbonyl (C=O) groups is 2. The van der Waals surface area contributed by atoms with Gasteiger partial charge in [-0.3, -0.25) is 4.79 Å². The minimum atomic E-state index is -0.607. The summed E-state index contributed by atoms with van der Waals surface area (Å²) in [6.07, 6.45) is 1.40.